The topological polar surface area (TPSA) is 92.7 Å². The Kier molecular flexibility index (Phi) is 7.46. The first kappa shape index (κ1) is 24.9. The Morgan fingerprint density at radius 2 is 1.72 bits per heavy atom. The monoisotopic (exact) mass is 474 g/mol. The number of benzene rings is 1. The molecule has 2 N–H and O–H groups in total. The minimum atomic E-state index is -1.49. The number of nitrogens with one attached hydrogen (secondary N) is 1. The lowest BCUT2D eigenvalue weighted by molar-refractivity contribution is -0.146. The summed E-state index contributed by atoms with van der Waals surface area (Å²) in [7, 11) is 0. The van der Waals surface area contributed by atoms with Crippen LogP contribution in [0.5, 0.6) is 0 Å². The number of rotatable bonds is 7. The van der Waals surface area contributed by atoms with Gasteiger partial charge in [-0.15, -0.1) is 4.72 Å². The van der Waals surface area contributed by atoms with Gasteiger partial charge in [0.05, 0.1) is 6.04 Å². The Hall–Kier alpha value is -1.78. The first-order valence-corrected chi connectivity index (χ1v) is 11.9. The fourth-order valence-corrected chi connectivity index (χ4v) is 5.66. The second-order valence-electron chi connectivity index (χ2n) is 9.66. The molecule has 0 aromatic heterocycles. The Morgan fingerprint density at radius 1 is 1.16 bits per heavy atom. The molecular formula is C22H29F3N2O4S. The lowest BCUT2D eigenvalue weighted by Crippen LogP contribution is -2.54. The summed E-state index contributed by atoms with van der Waals surface area (Å²) in [5, 5.41) is 8.97. The molecule has 2 bridgehead atoms. The molecular weight excluding hydrogens is 445 g/mol. The van der Waals surface area contributed by atoms with Crippen molar-refractivity contribution in [2.45, 2.75) is 82.2 Å². The second kappa shape index (κ2) is 9.61. The van der Waals surface area contributed by atoms with Crippen molar-refractivity contribution < 1.29 is 32.4 Å². The average Bonchev–Trinajstić information content (AvgIpc) is 2.94. The molecule has 2 fully saturated rings. The van der Waals surface area contributed by atoms with Crippen LogP contribution in [-0.4, -0.2) is 49.3 Å². The number of piperidine rings is 1. The van der Waals surface area contributed by atoms with E-state index >= 15 is 0 Å². The van der Waals surface area contributed by atoms with Crippen LogP contribution in [0.3, 0.4) is 0 Å². The van der Waals surface area contributed by atoms with Gasteiger partial charge in [0.25, 0.3) is 0 Å². The summed E-state index contributed by atoms with van der Waals surface area (Å²) >= 11 is -1.49. The molecule has 1 aromatic carbocycles. The zero-order chi connectivity index (χ0) is 23.8. The molecule has 2 heterocycles. The predicted octanol–water partition coefficient (Wildman–Crippen LogP) is 3.31. The highest BCUT2D eigenvalue weighted by Crippen LogP contribution is 2.41. The summed E-state index contributed by atoms with van der Waals surface area (Å²) in [4.78, 5) is 25.0. The van der Waals surface area contributed by atoms with Gasteiger partial charge in [0.1, 0.15) is 17.0 Å². The third-order valence-electron chi connectivity index (χ3n) is 6.27. The quantitative estimate of drug-likeness (QED) is 0.359. The maximum atomic E-state index is 14.4. The molecule has 1 amide bonds. The van der Waals surface area contributed by atoms with E-state index in [1.807, 2.05) is 0 Å². The van der Waals surface area contributed by atoms with Crippen molar-refractivity contribution in [3.05, 3.63) is 35.1 Å². The molecule has 178 valence electrons. The highest BCUT2D eigenvalue weighted by molar-refractivity contribution is 7.90. The van der Waals surface area contributed by atoms with Crippen LogP contribution in [0.1, 0.15) is 58.4 Å². The smallest absolute Gasteiger partial charge is 0.312 e. The average molecular weight is 475 g/mol. The molecule has 2 aliphatic rings. The molecule has 6 nitrogen and oxygen atoms in total. The molecule has 10 heteroatoms. The molecule has 1 unspecified atom stereocenters. The normalized spacial score (nSPS) is 25.0. The fourth-order valence-electron chi connectivity index (χ4n) is 4.75. The second-order valence-corrected chi connectivity index (χ2v) is 11.7. The Morgan fingerprint density at radius 3 is 2.25 bits per heavy atom. The highest BCUT2D eigenvalue weighted by Gasteiger charge is 2.46. The van der Waals surface area contributed by atoms with Crippen molar-refractivity contribution in [1.82, 2.24) is 9.62 Å². The van der Waals surface area contributed by atoms with E-state index in [0.717, 1.165) is 18.9 Å². The Bertz CT molecular complexity index is 865. The van der Waals surface area contributed by atoms with Crippen molar-refractivity contribution in [3.8, 4) is 0 Å². The van der Waals surface area contributed by atoms with Crippen LogP contribution in [0.4, 0.5) is 13.2 Å². The van der Waals surface area contributed by atoms with E-state index in [9.17, 15) is 27.3 Å². The first-order chi connectivity index (χ1) is 14.9. The van der Waals surface area contributed by atoms with Crippen molar-refractivity contribution in [2.24, 2.45) is 5.92 Å². The molecule has 3 rings (SSSR count). The minimum Gasteiger partial charge on any atom is -0.598 e. The minimum absolute atomic E-state index is 0.0101. The van der Waals surface area contributed by atoms with Crippen LogP contribution >= 0.6 is 0 Å². The lowest BCUT2D eigenvalue weighted by atomic mass is 9.82. The van der Waals surface area contributed by atoms with E-state index in [-0.39, 0.29) is 30.0 Å². The molecule has 1 aromatic rings. The Labute approximate surface area is 188 Å². The molecule has 0 saturated carbocycles. The maximum absolute atomic E-state index is 14.4. The number of fused-ring (bicyclic) bond motifs is 2. The lowest BCUT2D eigenvalue weighted by Gasteiger charge is -2.42. The number of hydrogen-bond acceptors (Lipinski definition) is 4. The maximum Gasteiger partial charge on any atom is 0.312 e. The molecule has 0 spiro atoms. The van der Waals surface area contributed by atoms with Crippen molar-refractivity contribution >= 4 is 23.2 Å². The van der Waals surface area contributed by atoms with Crippen LogP contribution in [0, 0.1) is 23.4 Å². The number of carboxylic acids is 1. The van der Waals surface area contributed by atoms with Crippen molar-refractivity contribution in [1.29, 1.82) is 0 Å². The zero-order valence-corrected chi connectivity index (χ0v) is 19.2. The number of nitrogens with zero attached hydrogens (tertiary/aromatic N) is 1. The molecule has 32 heavy (non-hydrogen) atoms. The van der Waals surface area contributed by atoms with E-state index < -0.39 is 57.9 Å². The van der Waals surface area contributed by atoms with Crippen molar-refractivity contribution in [2.75, 3.05) is 0 Å². The number of aliphatic carboxylic acids is 1. The van der Waals surface area contributed by atoms with Crippen LogP contribution in [0.25, 0.3) is 0 Å². The van der Waals surface area contributed by atoms with Gasteiger partial charge in [-0.25, -0.2) is 13.2 Å². The summed E-state index contributed by atoms with van der Waals surface area (Å²) in [5.41, 5.74) is -0.0101. The number of halogens is 3. The van der Waals surface area contributed by atoms with Gasteiger partial charge in [0.15, 0.2) is 11.6 Å². The SMILES string of the molecule is CC(C)(C)[S+]([O-])N[C@H](Cc1cc(F)c(F)cc1F)[C@@H]1C[C@H]2CC[C@@H](C1)N2C(=O)CC(=O)O. The molecule has 2 aliphatic heterocycles. The van der Waals surface area contributed by atoms with Gasteiger partial charge in [0.2, 0.25) is 5.91 Å². The molecule has 0 aliphatic carbocycles. The summed E-state index contributed by atoms with van der Waals surface area (Å²) in [6.45, 7) is 5.38. The van der Waals surface area contributed by atoms with Gasteiger partial charge >= 0.3 is 5.97 Å². The summed E-state index contributed by atoms with van der Waals surface area (Å²) in [6.07, 6.45) is 1.99. The van der Waals surface area contributed by atoms with Gasteiger partial charge in [-0.3, -0.25) is 9.59 Å². The van der Waals surface area contributed by atoms with Gasteiger partial charge in [0, 0.05) is 29.5 Å². The van der Waals surface area contributed by atoms with E-state index in [1.165, 1.54) is 0 Å². The number of amides is 1. The number of hydrogen-bond donors (Lipinski definition) is 2. The third kappa shape index (κ3) is 5.58. The zero-order valence-electron chi connectivity index (χ0n) is 18.4. The summed E-state index contributed by atoms with van der Waals surface area (Å²) < 4.78 is 56.8. The number of carboxylic acid groups (broad SMARTS) is 1. The van der Waals surface area contributed by atoms with Gasteiger partial charge in [-0.05, 0) is 70.4 Å². The van der Waals surface area contributed by atoms with Crippen LogP contribution in [0.15, 0.2) is 12.1 Å². The highest BCUT2D eigenvalue weighted by atomic mass is 32.2. The largest absolute Gasteiger partial charge is 0.598 e. The third-order valence-corrected chi connectivity index (χ3v) is 7.90. The fraction of sp³-hybridized carbons (Fsp3) is 0.636. The van der Waals surface area contributed by atoms with Gasteiger partial charge in [-0.1, -0.05) is 0 Å². The molecule has 5 atom stereocenters. The van der Waals surface area contributed by atoms with Crippen LogP contribution < -0.4 is 4.72 Å². The first-order valence-electron chi connectivity index (χ1n) is 10.7. The predicted molar refractivity (Wildman–Crippen MR) is 113 cm³/mol. The number of carbonyl (C=O) groups excluding carboxylic acids is 1. The standard InChI is InChI=1S/C22H29F3N2O4S/c1-22(2,3)32(31)26-19(9-12-8-17(24)18(25)10-16(12)23)13-6-14-4-5-15(7-13)27(14)20(28)11-21(29)30/h8,10,13-15,19,26H,4-7,9,11H2,1-3H3,(H,29,30)/t13-,14-,15+,19-,32?/m1/s1. The van der Waals surface area contributed by atoms with E-state index in [2.05, 4.69) is 4.72 Å². The summed E-state index contributed by atoms with van der Waals surface area (Å²) in [6, 6.07) is 0.563. The van der Waals surface area contributed by atoms with Crippen molar-refractivity contribution in [3.63, 3.8) is 0 Å². The Balaban J connectivity index is 1.82. The molecule has 2 saturated heterocycles. The van der Waals surface area contributed by atoms with E-state index in [1.54, 1.807) is 25.7 Å². The van der Waals surface area contributed by atoms with E-state index in [4.69, 9.17) is 5.11 Å². The van der Waals surface area contributed by atoms with Crippen LogP contribution in [0.2, 0.25) is 0 Å². The van der Waals surface area contributed by atoms with Gasteiger partial charge < -0.3 is 14.6 Å². The van der Waals surface area contributed by atoms with E-state index in [0.29, 0.717) is 18.9 Å². The summed E-state index contributed by atoms with van der Waals surface area (Å²) in [5.74, 6) is -4.97. The molecule has 0 radical (unpaired) electrons. The number of carbonyl (C=O) groups is 2. The van der Waals surface area contributed by atoms with Gasteiger partial charge in [-0.2, -0.15) is 0 Å². The van der Waals surface area contributed by atoms with Crippen LogP contribution in [-0.2, 0) is 27.4 Å².